The third kappa shape index (κ3) is 4.37. The summed E-state index contributed by atoms with van der Waals surface area (Å²) in [6.45, 7) is 0.102. The second-order valence-electron chi connectivity index (χ2n) is 6.14. The normalized spacial score (nSPS) is 10.4. The molecule has 2 aromatic carbocycles. The minimum absolute atomic E-state index is 0.102. The van der Waals surface area contributed by atoms with Crippen LogP contribution in [0.4, 0.5) is 0 Å². The lowest BCUT2D eigenvalue weighted by Crippen LogP contribution is -2.23. The van der Waals surface area contributed by atoms with Crippen LogP contribution in [-0.2, 0) is 6.54 Å². The molecule has 0 aliphatic heterocycles. The Morgan fingerprint density at radius 1 is 1.03 bits per heavy atom. The van der Waals surface area contributed by atoms with Crippen molar-refractivity contribution in [2.24, 2.45) is 0 Å². The van der Waals surface area contributed by atoms with Crippen molar-refractivity contribution in [3.63, 3.8) is 0 Å². The zero-order valence-electron chi connectivity index (χ0n) is 15.6. The standard InChI is InChI=1S/C22H15N5O2S/c23-13-16-5-1-3-7-18(16)30-19-8-4-2-6-17(19)22(28)25-14-20-26-21(27-29-20)15-9-11-24-12-10-15/h1-12H,14H2,(H,25,28). The predicted octanol–water partition coefficient (Wildman–Crippen LogP) is 4.08. The summed E-state index contributed by atoms with van der Waals surface area (Å²) in [5.41, 5.74) is 1.85. The van der Waals surface area contributed by atoms with Crippen molar-refractivity contribution in [3.8, 4) is 17.5 Å². The molecular weight excluding hydrogens is 398 g/mol. The fraction of sp³-hybridized carbons (Fsp3) is 0.0455. The maximum Gasteiger partial charge on any atom is 0.252 e. The zero-order valence-corrected chi connectivity index (χ0v) is 16.5. The molecule has 0 saturated carbocycles. The number of amides is 1. The lowest BCUT2D eigenvalue weighted by atomic mass is 10.2. The van der Waals surface area contributed by atoms with Crippen LogP contribution in [-0.4, -0.2) is 21.0 Å². The van der Waals surface area contributed by atoms with Crippen LogP contribution in [0.15, 0.2) is 87.4 Å². The summed E-state index contributed by atoms with van der Waals surface area (Å²) in [7, 11) is 0. The molecule has 7 nitrogen and oxygen atoms in total. The van der Waals surface area contributed by atoms with Crippen molar-refractivity contribution in [1.82, 2.24) is 20.4 Å². The molecule has 0 fully saturated rings. The molecule has 4 rings (SSSR count). The smallest absolute Gasteiger partial charge is 0.252 e. The Bertz CT molecular complexity index is 1220. The van der Waals surface area contributed by atoms with E-state index < -0.39 is 0 Å². The van der Waals surface area contributed by atoms with Crippen LogP contribution in [0.1, 0.15) is 21.8 Å². The number of hydrogen-bond acceptors (Lipinski definition) is 7. The molecule has 1 N–H and O–H groups in total. The Morgan fingerprint density at radius 2 is 1.77 bits per heavy atom. The van der Waals surface area contributed by atoms with E-state index in [0.29, 0.717) is 22.8 Å². The molecule has 0 atom stereocenters. The highest BCUT2D eigenvalue weighted by molar-refractivity contribution is 7.99. The highest BCUT2D eigenvalue weighted by Crippen LogP contribution is 2.32. The van der Waals surface area contributed by atoms with Crippen LogP contribution in [0.25, 0.3) is 11.4 Å². The molecule has 2 heterocycles. The molecule has 0 saturated heterocycles. The van der Waals surface area contributed by atoms with E-state index in [1.807, 2.05) is 30.3 Å². The van der Waals surface area contributed by atoms with E-state index in [4.69, 9.17) is 4.52 Å². The van der Waals surface area contributed by atoms with Crippen LogP contribution in [0.2, 0.25) is 0 Å². The summed E-state index contributed by atoms with van der Waals surface area (Å²) in [4.78, 5) is 22.6. The van der Waals surface area contributed by atoms with Gasteiger partial charge in [0.2, 0.25) is 11.7 Å². The Kier molecular flexibility index (Phi) is 5.83. The molecule has 0 aliphatic carbocycles. The highest BCUT2D eigenvalue weighted by atomic mass is 32.2. The molecule has 0 bridgehead atoms. The molecule has 0 aliphatic rings. The van der Waals surface area contributed by atoms with Gasteiger partial charge in [-0.15, -0.1) is 0 Å². The van der Waals surface area contributed by atoms with Gasteiger partial charge in [0.25, 0.3) is 5.91 Å². The molecule has 1 amide bonds. The number of carbonyl (C=O) groups excluding carboxylic acids is 1. The molecule has 8 heteroatoms. The molecule has 4 aromatic rings. The number of rotatable bonds is 6. The predicted molar refractivity (Wildman–Crippen MR) is 110 cm³/mol. The summed E-state index contributed by atoms with van der Waals surface area (Å²) in [5.74, 6) is 0.469. The van der Waals surface area contributed by atoms with E-state index in [9.17, 15) is 10.1 Å². The summed E-state index contributed by atoms with van der Waals surface area (Å²) in [6, 6.07) is 20.2. The fourth-order valence-corrected chi connectivity index (χ4v) is 3.73. The molecule has 0 radical (unpaired) electrons. The minimum Gasteiger partial charge on any atom is -0.343 e. The zero-order chi connectivity index (χ0) is 20.8. The van der Waals surface area contributed by atoms with Gasteiger partial charge in [-0.05, 0) is 36.4 Å². The van der Waals surface area contributed by atoms with Gasteiger partial charge in [-0.2, -0.15) is 10.2 Å². The number of nitrogens with one attached hydrogen (secondary N) is 1. The van der Waals surface area contributed by atoms with E-state index >= 15 is 0 Å². The van der Waals surface area contributed by atoms with Crippen LogP contribution in [0.3, 0.4) is 0 Å². The molecule has 2 aromatic heterocycles. The van der Waals surface area contributed by atoms with Crippen molar-refractivity contribution >= 4 is 17.7 Å². The first-order chi connectivity index (χ1) is 14.7. The largest absolute Gasteiger partial charge is 0.343 e. The van der Waals surface area contributed by atoms with Gasteiger partial charge in [-0.1, -0.05) is 41.2 Å². The Balaban J connectivity index is 1.47. The summed E-state index contributed by atoms with van der Waals surface area (Å²) in [5, 5.41) is 16.0. The molecular formula is C22H15N5O2S. The van der Waals surface area contributed by atoms with Gasteiger partial charge in [-0.3, -0.25) is 9.78 Å². The summed E-state index contributed by atoms with van der Waals surface area (Å²) >= 11 is 1.38. The average Bonchev–Trinajstić information content (AvgIpc) is 3.28. The lowest BCUT2D eigenvalue weighted by molar-refractivity contribution is 0.0943. The first-order valence-electron chi connectivity index (χ1n) is 9.02. The van der Waals surface area contributed by atoms with E-state index in [2.05, 4.69) is 26.5 Å². The van der Waals surface area contributed by atoms with Gasteiger partial charge in [0, 0.05) is 27.7 Å². The molecule has 30 heavy (non-hydrogen) atoms. The lowest BCUT2D eigenvalue weighted by Gasteiger charge is -2.09. The minimum atomic E-state index is -0.267. The second kappa shape index (κ2) is 9.03. The Labute approximate surface area is 176 Å². The van der Waals surface area contributed by atoms with E-state index in [1.165, 1.54) is 11.8 Å². The average molecular weight is 413 g/mol. The van der Waals surface area contributed by atoms with Crippen molar-refractivity contribution in [3.05, 3.63) is 90.1 Å². The third-order valence-corrected chi connectivity index (χ3v) is 5.32. The van der Waals surface area contributed by atoms with Crippen molar-refractivity contribution in [2.75, 3.05) is 0 Å². The van der Waals surface area contributed by atoms with Crippen molar-refractivity contribution in [1.29, 1.82) is 5.26 Å². The highest BCUT2D eigenvalue weighted by Gasteiger charge is 2.15. The first-order valence-corrected chi connectivity index (χ1v) is 9.83. The Hall–Kier alpha value is -3.96. The topological polar surface area (TPSA) is 105 Å². The second-order valence-corrected chi connectivity index (χ2v) is 7.22. The molecule has 146 valence electrons. The van der Waals surface area contributed by atoms with E-state index in [-0.39, 0.29) is 12.5 Å². The van der Waals surface area contributed by atoms with Gasteiger partial charge in [0.15, 0.2) is 0 Å². The number of benzene rings is 2. The maximum atomic E-state index is 12.8. The SMILES string of the molecule is N#Cc1ccccc1Sc1ccccc1C(=O)NCc1nc(-c2ccncc2)no1. The van der Waals surface area contributed by atoms with Crippen LogP contribution in [0, 0.1) is 11.3 Å². The van der Waals surface area contributed by atoms with Crippen molar-refractivity contribution in [2.45, 2.75) is 16.3 Å². The first kappa shape index (κ1) is 19.4. The Morgan fingerprint density at radius 3 is 2.57 bits per heavy atom. The number of pyridine rings is 1. The van der Waals surface area contributed by atoms with Crippen LogP contribution in [0.5, 0.6) is 0 Å². The molecule has 0 spiro atoms. The van der Waals surface area contributed by atoms with Gasteiger partial charge in [-0.25, -0.2) is 0 Å². The van der Waals surface area contributed by atoms with E-state index in [0.717, 1.165) is 15.4 Å². The number of hydrogen-bond donors (Lipinski definition) is 1. The number of nitriles is 1. The third-order valence-electron chi connectivity index (χ3n) is 4.17. The van der Waals surface area contributed by atoms with Gasteiger partial charge < -0.3 is 9.84 Å². The van der Waals surface area contributed by atoms with E-state index in [1.54, 1.807) is 42.7 Å². The van der Waals surface area contributed by atoms with Gasteiger partial charge >= 0.3 is 0 Å². The van der Waals surface area contributed by atoms with Crippen molar-refractivity contribution < 1.29 is 9.32 Å². The van der Waals surface area contributed by atoms with Crippen LogP contribution >= 0.6 is 11.8 Å². The van der Waals surface area contributed by atoms with Gasteiger partial charge in [0.05, 0.1) is 17.7 Å². The number of nitrogens with zero attached hydrogens (tertiary/aromatic N) is 4. The number of carbonyl (C=O) groups is 1. The van der Waals surface area contributed by atoms with Crippen LogP contribution < -0.4 is 5.32 Å². The molecule has 0 unspecified atom stereocenters. The monoisotopic (exact) mass is 413 g/mol. The quantitative estimate of drug-likeness (QED) is 0.508. The fourth-order valence-electron chi connectivity index (χ4n) is 2.71. The van der Waals surface area contributed by atoms with Gasteiger partial charge in [0.1, 0.15) is 6.07 Å². The maximum absolute atomic E-state index is 12.8. The summed E-state index contributed by atoms with van der Waals surface area (Å²) in [6.07, 6.45) is 3.29. The number of aromatic nitrogens is 3. The summed E-state index contributed by atoms with van der Waals surface area (Å²) < 4.78 is 5.22.